The minimum Gasteiger partial charge on any atom is -0.391 e. The van der Waals surface area contributed by atoms with Crippen LogP contribution in [0.15, 0.2) is 61.3 Å². The largest absolute Gasteiger partial charge is 0.391 e. The molecule has 2 aromatic rings. The zero-order valence-corrected chi connectivity index (χ0v) is 19.3. The van der Waals surface area contributed by atoms with Crippen molar-refractivity contribution in [2.45, 2.75) is 47.0 Å². The Morgan fingerprint density at radius 2 is 1.93 bits per heavy atom. The summed E-state index contributed by atoms with van der Waals surface area (Å²) >= 11 is 1.97. The minimum atomic E-state index is 0.357. The van der Waals surface area contributed by atoms with E-state index in [1.165, 1.54) is 51.1 Å². The third kappa shape index (κ3) is 4.33. The van der Waals surface area contributed by atoms with Gasteiger partial charge in [0.15, 0.2) is 0 Å². The van der Waals surface area contributed by atoms with Gasteiger partial charge in [-0.3, -0.25) is 0 Å². The molecule has 3 rings (SSSR count). The molecule has 0 amide bonds. The first kappa shape index (κ1) is 21.4. The topological polar surface area (TPSA) is 12.0 Å². The molecule has 1 aromatic heterocycles. The lowest BCUT2D eigenvalue weighted by atomic mass is 9.75. The minimum absolute atomic E-state index is 0.357. The second-order valence-electron chi connectivity index (χ2n) is 8.76. The number of aryl methyl sites for hydroxylation is 1. The third-order valence-corrected chi connectivity index (χ3v) is 7.17. The number of nitrogens with one attached hydrogen (secondary N) is 1. The van der Waals surface area contributed by atoms with Crippen LogP contribution in [0.4, 0.5) is 0 Å². The molecule has 0 atom stereocenters. The fraction of sp³-hybridized carbons (Fsp3) is 0.333. The number of fused-ring (bicyclic) bond motifs is 1. The van der Waals surface area contributed by atoms with E-state index in [-0.39, 0.29) is 0 Å². The number of benzene rings is 1. The average molecular weight is 404 g/mol. The van der Waals surface area contributed by atoms with E-state index in [1.54, 1.807) is 4.88 Å². The molecule has 0 saturated carbocycles. The summed E-state index contributed by atoms with van der Waals surface area (Å²) in [5.41, 5.74) is 9.31. The van der Waals surface area contributed by atoms with Crippen molar-refractivity contribution in [1.82, 2.24) is 5.32 Å². The van der Waals surface area contributed by atoms with Crippen molar-refractivity contribution in [3.05, 3.63) is 82.9 Å². The molecule has 1 aromatic carbocycles. The molecule has 152 valence electrons. The van der Waals surface area contributed by atoms with Gasteiger partial charge >= 0.3 is 0 Å². The summed E-state index contributed by atoms with van der Waals surface area (Å²) in [6.07, 6.45) is 9.55. The van der Waals surface area contributed by atoms with Crippen molar-refractivity contribution in [1.29, 1.82) is 0 Å². The quantitative estimate of drug-likeness (QED) is 0.488. The lowest BCUT2D eigenvalue weighted by molar-refractivity contribution is 0.317. The summed E-state index contributed by atoms with van der Waals surface area (Å²) in [7, 11) is 1.98. The SMILES string of the molecule is C=C/C=C\C(=C(/C)NC)c1ccccc1-c1sc2c(c1C(=C)C)CC(C)(C)CC2. The normalized spacial score (nSPS) is 16.3. The smallest absolute Gasteiger partial charge is 0.0429 e. The molecule has 29 heavy (non-hydrogen) atoms. The lowest BCUT2D eigenvalue weighted by Gasteiger charge is -2.30. The molecule has 1 aliphatic rings. The van der Waals surface area contributed by atoms with E-state index in [0.717, 1.165) is 12.1 Å². The van der Waals surface area contributed by atoms with Gasteiger partial charge in [-0.05, 0) is 60.8 Å². The maximum Gasteiger partial charge on any atom is 0.0429 e. The van der Waals surface area contributed by atoms with Crippen molar-refractivity contribution >= 4 is 22.5 Å². The predicted octanol–water partition coefficient (Wildman–Crippen LogP) is 7.66. The summed E-state index contributed by atoms with van der Waals surface area (Å²) in [5.74, 6) is 0. The van der Waals surface area contributed by atoms with E-state index < -0.39 is 0 Å². The second kappa shape index (κ2) is 8.59. The summed E-state index contributed by atoms with van der Waals surface area (Å²) in [4.78, 5) is 2.91. The summed E-state index contributed by atoms with van der Waals surface area (Å²) in [5, 5.41) is 3.33. The van der Waals surface area contributed by atoms with Gasteiger partial charge in [0, 0.05) is 33.6 Å². The van der Waals surface area contributed by atoms with Crippen LogP contribution in [-0.2, 0) is 12.8 Å². The van der Waals surface area contributed by atoms with Crippen molar-refractivity contribution in [3.63, 3.8) is 0 Å². The van der Waals surface area contributed by atoms with Gasteiger partial charge in [-0.25, -0.2) is 0 Å². The molecule has 2 heteroatoms. The first-order valence-corrected chi connectivity index (χ1v) is 11.2. The molecule has 0 saturated heterocycles. The van der Waals surface area contributed by atoms with Gasteiger partial charge in [0.25, 0.3) is 0 Å². The Labute approximate surface area is 180 Å². The Morgan fingerprint density at radius 3 is 2.59 bits per heavy atom. The van der Waals surface area contributed by atoms with E-state index in [4.69, 9.17) is 0 Å². The zero-order chi connectivity index (χ0) is 21.2. The lowest BCUT2D eigenvalue weighted by Crippen LogP contribution is -2.21. The highest BCUT2D eigenvalue weighted by atomic mass is 32.1. The zero-order valence-electron chi connectivity index (χ0n) is 18.5. The van der Waals surface area contributed by atoms with Crippen molar-refractivity contribution in [2.75, 3.05) is 7.05 Å². The molecule has 0 fully saturated rings. The Bertz CT molecular complexity index is 998. The first-order valence-electron chi connectivity index (χ1n) is 10.4. The summed E-state index contributed by atoms with van der Waals surface area (Å²) in [6.45, 7) is 17.3. The Morgan fingerprint density at radius 1 is 1.21 bits per heavy atom. The first-order chi connectivity index (χ1) is 13.8. The number of allylic oxidation sites excluding steroid dienone is 6. The van der Waals surface area contributed by atoms with Crippen LogP contribution in [0.1, 0.15) is 55.7 Å². The average Bonchev–Trinajstić information content (AvgIpc) is 3.05. The van der Waals surface area contributed by atoms with Crippen molar-refractivity contribution < 1.29 is 0 Å². The fourth-order valence-electron chi connectivity index (χ4n) is 4.19. The number of thiophene rings is 1. The summed E-state index contributed by atoms with van der Waals surface area (Å²) in [6, 6.07) is 8.76. The molecular weight excluding hydrogens is 370 g/mol. The van der Waals surface area contributed by atoms with Gasteiger partial charge in [-0.2, -0.15) is 0 Å². The monoisotopic (exact) mass is 403 g/mol. The van der Waals surface area contributed by atoms with Crippen LogP contribution in [-0.4, -0.2) is 7.05 Å². The van der Waals surface area contributed by atoms with E-state index in [1.807, 2.05) is 30.5 Å². The highest BCUT2D eigenvalue weighted by molar-refractivity contribution is 7.16. The maximum atomic E-state index is 4.37. The fourth-order valence-corrected chi connectivity index (χ4v) is 5.63. The molecule has 0 spiro atoms. The van der Waals surface area contributed by atoms with E-state index >= 15 is 0 Å². The van der Waals surface area contributed by atoms with Gasteiger partial charge in [-0.1, -0.05) is 69.5 Å². The molecule has 0 unspecified atom stereocenters. The highest BCUT2D eigenvalue weighted by Crippen LogP contribution is 2.48. The van der Waals surface area contributed by atoms with Crippen LogP contribution in [0.3, 0.4) is 0 Å². The number of hydrogen-bond donors (Lipinski definition) is 1. The highest BCUT2D eigenvalue weighted by Gasteiger charge is 2.31. The van der Waals surface area contributed by atoms with Crippen LogP contribution >= 0.6 is 11.3 Å². The van der Waals surface area contributed by atoms with Crippen LogP contribution in [0, 0.1) is 5.41 Å². The molecule has 0 bridgehead atoms. The Hall–Kier alpha value is -2.32. The van der Waals surface area contributed by atoms with Gasteiger partial charge in [0.2, 0.25) is 0 Å². The number of rotatable bonds is 6. The van der Waals surface area contributed by atoms with Crippen molar-refractivity contribution in [3.8, 4) is 10.4 Å². The van der Waals surface area contributed by atoms with Crippen LogP contribution < -0.4 is 5.32 Å². The molecule has 1 nitrogen and oxygen atoms in total. The second-order valence-corrected chi connectivity index (χ2v) is 9.86. The molecule has 1 heterocycles. The van der Waals surface area contributed by atoms with Gasteiger partial charge < -0.3 is 5.32 Å². The van der Waals surface area contributed by atoms with E-state index in [0.29, 0.717) is 5.41 Å². The molecular formula is C27H33NS. The Balaban J connectivity index is 2.27. The van der Waals surface area contributed by atoms with E-state index in [2.05, 4.69) is 76.5 Å². The molecule has 1 aliphatic carbocycles. The van der Waals surface area contributed by atoms with Crippen LogP contribution in [0.25, 0.3) is 21.6 Å². The van der Waals surface area contributed by atoms with Crippen LogP contribution in [0.2, 0.25) is 0 Å². The summed E-state index contributed by atoms with van der Waals surface area (Å²) < 4.78 is 0. The predicted molar refractivity (Wildman–Crippen MR) is 131 cm³/mol. The van der Waals surface area contributed by atoms with Gasteiger partial charge in [-0.15, -0.1) is 11.3 Å². The molecule has 1 N–H and O–H groups in total. The maximum absolute atomic E-state index is 4.37. The third-order valence-electron chi connectivity index (χ3n) is 5.84. The van der Waals surface area contributed by atoms with Gasteiger partial charge in [0.05, 0.1) is 0 Å². The molecule has 0 aliphatic heterocycles. The molecule has 0 radical (unpaired) electrons. The number of hydrogen-bond acceptors (Lipinski definition) is 2. The van der Waals surface area contributed by atoms with Crippen LogP contribution in [0.5, 0.6) is 0 Å². The standard InChI is InChI=1S/C27H33NS/c1-8-9-12-20(19(4)28-7)21-13-10-11-14-22(21)26-25(18(2)3)23-17-27(5,6)16-15-24(23)29-26/h8-14,28H,1-2,15-17H2,3-7H3/b12-9-,20-19-. The van der Waals surface area contributed by atoms with Gasteiger partial charge in [0.1, 0.15) is 0 Å². The Kier molecular flexibility index (Phi) is 6.33. The van der Waals surface area contributed by atoms with E-state index in [9.17, 15) is 0 Å². The van der Waals surface area contributed by atoms with Crippen molar-refractivity contribution in [2.24, 2.45) is 5.41 Å².